The number of phenolic OH excluding ortho intramolecular Hbond substituents is 3. The van der Waals surface area contributed by atoms with E-state index in [0.717, 1.165) is 0 Å². The van der Waals surface area contributed by atoms with Crippen LogP contribution in [0.15, 0.2) is 63.8 Å². The van der Waals surface area contributed by atoms with Crippen molar-refractivity contribution >= 4 is 21.9 Å². The van der Waals surface area contributed by atoms with Crippen molar-refractivity contribution in [3.8, 4) is 28.4 Å². The largest absolute Gasteiger partial charge is 0.507 e. The molecule has 0 aliphatic heterocycles. The van der Waals surface area contributed by atoms with Crippen LogP contribution in [0.25, 0.3) is 33.1 Å². The summed E-state index contributed by atoms with van der Waals surface area (Å²) in [5.74, 6) is -0.668. The predicted octanol–water partition coefficient (Wildman–Crippen LogP) is 3.73. The second-order valence-corrected chi connectivity index (χ2v) is 5.46. The fraction of sp³-hybridized carbons (Fsp3) is 0. The molecule has 3 aromatic carbocycles. The highest BCUT2D eigenvalue weighted by Crippen LogP contribution is 2.34. The van der Waals surface area contributed by atoms with E-state index in [2.05, 4.69) is 0 Å². The third kappa shape index (κ3) is 1.99. The van der Waals surface area contributed by atoms with Gasteiger partial charge in [-0.1, -0.05) is 24.3 Å². The standard InChI is InChI=1S/C19H12O5/c20-12-8-7-10(9-14(12)22)11-3-1-5-15-17(11)19(23)18-13(21)4-2-6-16(18)24-15/h1-9,20-22H. The van der Waals surface area contributed by atoms with Gasteiger partial charge in [-0.25, -0.2) is 0 Å². The number of aromatic hydroxyl groups is 3. The summed E-state index contributed by atoms with van der Waals surface area (Å²) in [6.45, 7) is 0. The first-order valence-electron chi connectivity index (χ1n) is 7.26. The molecule has 118 valence electrons. The van der Waals surface area contributed by atoms with Crippen LogP contribution in [-0.2, 0) is 0 Å². The predicted molar refractivity (Wildman–Crippen MR) is 90.4 cm³/mol. The van der Waals surface area contributed by atoms with E-state index in [1.165, 1.54) is 18.2 Å². The van der Waals surface area contributed by atoms with E-state index in [1.54, 1.807) is 36.4 Å². The van der Waals surface area contributed by atoms with Crippen molar-refractivity contribution < 1.29 is 19.7 Å². The zero-order chi connectivity index (χ0) is 16.8. The van der Waals surface area contributed by atoms with Gasteiger partial charge in [0.25, 0.3) is 0 Å². The van der Waals surface area contributed by atoms with Crippen LogP contribution in [0.5, 0.6) is 17.2 Å². The maximum absolute atomic E-state index is 12.9. The second-order valence-electron chi connectivity index (χ2n) is 5.46. The number of phenols is 3. The zero-order valence-corrected chi connectivity index (χ0v) is 12.4. The van der Waals surface area contributed by atoms with Crippen molar-refractivity contribution in [1.82, 2.24) is 0 Å². The Bertz CT molecular complexity index is 1160. The summed E-state index contributed by atoms with van der Waals surface area (Å²) in [6.07, 6.45) is 0. The first-order chi connectivity index (χ1) is 11.6. The van der Waals surface area contributed by atoms with Crippen LogP contribution in [0.1, 0.15) is 0 Å². The number of benzene rings is 3. The van der Waals surface area contributed by atoms with Crippen LogP contribution < -0.4 is 5.43 Å². The summed E-state index contributed by atoms with van der Waals surface area (Å²) in [5.41, 5.74) is 1.42. The maximum atomic E-state index is 12.9. The first-order valence-corrected chi connectivity index (χ1v) is 7.26. The van der Waals surface area contributed by atoms with Crippen molar-refractivity contribution in [1.29, 1.82) is 0 Å². The monoisotopic (exact) mass is 320 g/mol. The molecule has 0 spiro atoms. The van der Waals surface area contributed by atoms with Gasteiger partial charge in [-0.15, -0.1) is 0 Å². The van der Waals surface area contributed by atoms with Gasteiger partial charge in [-0.3, -0.25) is 4.79 Å². The van der Waals surface area contributed by atoms with E-state index in [-0.39, 0.29) is 28.1 Å². The van der Waals surface area contributed by atoms with Gasteiger partial charge in [-0.2, -0.15) is 0 Å². The summed E-state index contributed by atoms with van der Waals surface area (Å²) in [5, 5.41) is 29.6. The van der Waals surface area contributed by atoms with Gasteiger partial charge >= 0.3 is 0 Å². The van der Waals surface area contributed by atoms with Crippen LogP contribution in [0.2, 0.25) is 0 Å². The highest BCUT2D eigenvalue weighted by Gasteiger charge is 2.15. The normalized spacial score (nSPS) is 11.2. The van der Waals surface area contributed by atoms with Gasteiger partial charge in [0.15, 0.2) is 11.5 Å². The maximum Gasteiger partial charge on any atom is 0.204 e. The molecule has 1 aromatic heterocycles. The van der Waals surface area contributed by atoms with Gasteiger partial charge in [0.05, 0.1) is 5.39 Å². The van der Waals surface area contributed by atoms with E-state index in [1.807, 2.05) is 0 Å². The quantitative estimate of drug-likeness (QED) is 0.367. The molecule has 0 bridgehead atoms. The Balaban J connectivity index is 2.16. The molecule has 0 unspecified atom stereocenters. The summed E-state index contributed by atoms with van der Waals surface area (Å²) >= 11 is 0. The molecule has 0 fully saturated rings. The van der Waals surface area contributed by atoms with E-state index >= 15 is 0 Å². The molecule has 0 saturated carbocycles. The minimum Gasteiger partial charge on any atom is -0.507 e. The lowest BCUT2D eigenvalue weighted by Gasteiger charge is -2.09. The number of fused-ring (bicyclic) bond motifs is 2. The third-order valence-electron chi connectivity index (χ3n) is 3.99. The molecular formula is C19H12O5. The molecule has 0 amide bonds. The van der Waals surface area contributed by atoms with Gasteiger partial charge < -0.3 is 19.7 Å². The summed E-state index contributed by atoms with van der Waals surface area (Å²) in [4.78, 5) is 12.9. The lowest BCUT2D eigenvalue weighted by atomic mass is 9.99. The van der Waals surface area contributed by atoms with Crippen LogP contribution in [-0.4, -0.2) is 15.3 Å². The fourth-order valence-corrected chi connectivity index (χ4v) is 2.86. The van der Waals surface area contributed by atoms with E-state index in [9.17, 15) is 20.1 Å². The van der Waals surface area contributed by atoms with Crippen molar-refractivity contribution in [2.45, 2.75) is 0 Å². The molecule has 1 heterocycles. The minimum atomic E-state index is -0.354. The molecule has 0 aliphatic carbocycles. The number of hydrogen-bond acceptors (Lipinski definition) is 5. The van der Waals surface area contributed by atoms with Crippen LogP contribution >= 0.6 is 0 Å². The summed E-state index contributed by atoms with van der Waals surface area (Å²) in [6, 6.07) is 14.1. The lowest BCUT2D eigenvalue weighted by Crippen LogP contribution is -2.04. The van der Waals surface area contributed by atoms with E-state index in [0.29, 0.717) is 27.7 Å². The molecule has 0 saturated heterocycles. The Morgan fingerprint density at radius 2 is 1.42 bits per heavy atom. The second kappa shape index (κ2) is 5.03. The molecular weight excluding hydrogens is 308 g/mol. The van der Waals surface area contributed by atoms with Gasteiger partial charge in [0, 0.05) is 0 Å². The van der Waals surface area contributed by atoms with Crippen LogP contribution in [0.3, 0.4) is 0 Å². The smallest absolute Gasteiger partial charge is 0.204 e. The molecule has 0 aliphatic rings. The molecule has 4 aromatic rings. The molecule has 5 nitrogen and oxygen atoms in total. The Kier molecular flexibility index (Phi) is 2.96. The molecule has 24 heavy (non-hydrogen) atoms. The van der Waals surface area contributed by atoms with Crippen LogP contribution in [0, 0.1) is 0 Å². The highest BCUT2D eigenvalue weighted by atomic mass is 16.3. The summed E-state index contributed by atoms with van der Waals surface area (Å²) in [7, 11) is 0. The number of rotatable bonds is 1. The average Bonchev–Trinajstić information content (AvgIpc) is 2.57. The van der Waals surface area contributed by atoms with Gasteiger partial charge in [-0.05, 0) is 41.5 Å². The lowest BCUT2D eigenvalue weighted by molar-refractivity contribution is 0.404. The Morgan fingerprint density at radius 1 is 0.708 bits per heavy atom. The van der Waals surface area contributed by atoms with Crippen molar-refractivity contribution in [3.05, 3.63) is 64.8 Å². The zero-order valence-electron chi connectivity index (χ0n) is 12.4. The Labute approximate surface area is 135 Å². The highest BCUT2D eigenvalue weighted by molar-refractivity contribution is 6.00. The third-order valence-corrected chi connectivity index (χ3v) is 3.99. The SMILES string of the molecule is O=c1c2c(O)cccc2oc2cccc(-c3ccc(O)c(O)c3)c12. The number of hydrogen-bond donors (Lipinski definition) is 3. The van der Waals surface area contributed by atoms with Crippen molar-refractivity contribution in [3.63, 3.8) is 0 Å². The molecule has 0 radical (unpaired) electrons. The molecule has 5 heteroatoms. The van der Waals surface area contributed by atoms with E-state index < -0.39 is 0 Å². The topological polar surface area (TPSA) is 90.9 Å². The van der Waals surface area contributed by atoms with Crippen molar-refractivity contribution in [2.24, 2.45) is 0 Å². The summed E-state index contributed by atoms with van der Waals surface area (Å²) < 4.78 is 5.75. The van der Waals surface area contributed by atoms with Crippen molar-refractivity contribution in [2.75, 3.05) is 0 Å². The molecule has 0 atom stereocenters. The van der Waals surface area contributed by atoms with Crippen LogP contribution in [0.4, 0.5) is 0 Å². The van der Waals surface area contributed by atoms with E-state index in [4.69, 9.17) is 4.42 Å². The first kappa shape index (κ1) is 14.1. The fourth-order valence-electron chi connectivity index (χ4n) is 2.86. The van der Waals surface area contributed by atoms with Gasteiger partial charge in [0.2, 0.25) is 5.43 Å². The molecule has 4 rings (SSSR count). The Morgan fingerprint density at radius 3 is 2.17 bits per heavy atom. The Hall–Kier alpha value is -3.47. The molecule has 3 N–H and O–H groups in total. The minimum absolute atomic E-state index is 0.112. The van der Waals surface area contributed by atoms with Gasteiger partial charge in [0.1, 0.15) is 22.3 Å². The average molecular weight is 320 g/mol.